The number of esters is 1. The average molecular weight is 414 g/mol. The zero-order valence-electron chi connectivity index (χ0n) is 16.5. The zero-order valence-corrected chi connectivity index (χ0v) is 16.5. The van der Waals surface area contributed by atoms with E-state index in [0.29, 0.717) is 22.3 Å². The molecule has 0 spiro atoms. The number of fused-ring (bicyclic) bond motifs is 1. The first-order chi connectivity index (χ1) is 14.4. The van der Waals surface area contributed by atoms with Gasteiger partial charge in [-0.15, -0.1) is 0 Å². The maximum atomic E-state index is 12.9. The van der Waals surface area contributed by atoms with Gasteiger partial charge in [0.15, 0.2) is 0 Å². The molecule has 156 valence electrons. The third-order valence-corrected chi connectivity index (χ3v) is 5.41. The number of benzene rings is 2. The molecule has 1 aliphatic rings. The molecule has 1 fully saturated rings. The van der Waals surface area contributed by atoms with Gasteiger partial charge in [-0.05, 0) is 55.7 Å². The average Bonchev–Trinajstić information content (AvgIpc) is 2.77. The largest absolute Gasteiger partial charge is 0.465 e. The lowest BCUT2D eigenvalue weighted by Gasteiger charge is -2.30. The number of piperidine rings is 1. The molecule has 0 bridgehead atoms. The predicted octanol–water partition coefficient (Wildman–Crippen LogP) is 5.70. The van der Waals surface area contributed by atoms with Crippen molar-refractivity contribution < 1.29 is 22.7 Å². The Kier molecular flexibility index (Phi) is 5.37. The highest BCUT2D eigenvalue weighted by molar-refractivity contribution is 5.99. The second kappa shape index (κ2) is 7.97. The smallest absolute Gasteiger partial charge is 0.416 e. The van der Waals surface area contributed by atoms with Gasteiger partial charge in [-0.25, -0.2) is 9.78 Å². The molecule has 4 nitrogen and oxygen atoms in total. The van der Waals surface area contributed by atoms with Gasteiger partial charge in [0.1, 0.15) is 0 Å². The van der Waals surface area contributed by atoms with Crippen LogP contribution in [0.15, 0.2) is 48.5 Å². The summed E-state index contributed by atoms with van der Waals surface area (Å²) < 4.78 is 43.6. The molecule has 2 aromatic carbocycles. The van der Waals surface area contributed by atoms with Crippen molar-refractivity contribution in [1.82, 2.24) is 4.98 Å². The van der Waals surface area contributed by atoms with Gasteiger partial charge in [-0.1, -0.05) is 12.1 Å². The van der Waals surface area contributed by atoms with E-state index in [9.17, 15) is 18.0 Å². The number of hydrogen-bond donors (Lipinski definition) is 0. The van der Waals surface area contributed by atoms with Gasteiger partial charge in [0.2, 0.25) is 0 Å². The summed E-state index contributed by atoms with van der Waals surface area (Å²) in [6.45, 7) is 1.81. The molecule has 1 aliphatic heterocycles. The molecule has 0 aliphatic carbocycles. The minimum atomic E-state index is -4.39. The van der Waals surface area contributed by atoms with Crippen LogP contribution in [-0.4, -0.2) is 31.2 Å². The first-order valence-corrected chi connectivity index (χ1v) is 9.82. The molecule has 2 heterocycles. The summed E-state index contributed by atoms with van der Waals surface area (Å²) in [6, 6.07) is 12.1. The number of aromatic nitrogens is 1. The van der Waals surface area contributed by atoms with Gasteiger partial charge in [0.05, 0.1) is 29.4 Å². The third-order valence-electron chi connectivity index (χ3n) is 5.41. The second-order valence-corrected chi connectivity index (χ2v) is 7.37. The van der Waals surface area contributed by atoms with E-state index in [2.05, 4.69) is 9.88 Å². The number of anilines is 1. The molecule has 0 unspecified atom stereocenters. The number of methoxy groups -OCH3 is 1. The summed E-state index contributed by atoms with van der Waals surface area (Å²) >= 11 is 0. The minimum absolute atomic E-state index is 0.381. The Labute approximate surface area is 172 Å². The summed E-state index contributed by atoms with van der Waals surface area (Å²) in [5, 5.41) is 0.903. The number of hydrogen-bond acceptors (Lipinski definition) is 4. The van der Waals surface area contributed by atoms with Crippen LogP contribution < -0.4 is 4.90 Å². The monoisotopic (exact) mass is 414 g/mol. The van der Waals surface area contributed by atoms with Crippen molar-refractivity contribution in [2.75, 3.05) is 25.1 Å². The van der Waals surface area contributed by atoms with E-state index in [1.807, 2.05) is 12.1 Å². The van der Waals surface area contributed by atoms with Gasteiger partial charge >= 0.3 is 12.1 Å². The van der Waals surface area contributed by atoms with Crippen molar-refractivity contribution >= 4 is 22.6 Å². The molecule has 0 amide bonds. The Morgan fingerprint density at radius 1 is 1.00 bits per heavy atom. The number of nitrogens with zero attached hydrogens (tertiary/aromatic N) is 2. The summed E-state index contributed by atoms with van der Waals surface area (Å²) in [7, 11) is 1.32. The van der Waals surface area contributed by atoms with E-state index in [1.54, 1.807) is 12.1 Å². The third kappa shape index (κ3) is 3.97. The topological polar surface area (TPSA) is 42.4 Å². The van der Waals surface area contributed by atoms with Crippen molar-refractivity contribution in [1.29, 1.82) is 0 Å². The SMILES string of the molecule is COC(=O)c1ccc2c(N3CCCCC3)cc(-c3ccc(C(F)(F)F)cc3)nc2c1. The van der Waals surface area contributed by atoms with Gasteiger partial charge in [-0.2, -0.15) is 13.2 Å². The predicted molar refractivity (Wildman–Crippen MR) is 110 cm³/mol. The molecule has 1 aromatic heterocycles. The maximum Gasteiger partial charge on any atom is 0.416 e. The van der Waals surface area contributed by atoms with Crippen LogP contribution in [0.1, 0.15) is 35.2 Å². The normalized spacial score (nSPS) is 14.7. The van der Waals surface area contributed by atoms with Crippen molar-refractivity contribution in [2.24, 2.45) is 0 Å². The molecule has 4 rings (SSSR count). The zero-order chi connectivity index (χ0) is 21.3. The van der Waals surface area contributed by atoms with Gasteiger partial charge in [-0.3, -0.25) is 0 Å². The van der Waals surface area contributed by atoms with Crippen LogP contribution in [0.25, 0.3) is 22.2 Å². The number of pyridine rings is 1. The van der Waals surface area contributed by atoms with Crippen molar-refractivity contribution in [3.63, 3.8) is 0 Å². The highest BCUT2D eigenvalue weighted by Gasteiger charge is 2.30. The Hall–Kier alpha value is -3.09. The summed E-state index contributed by atoms with van der Waals surface area (Å²) in [4.78, 5) is 18.9. The standard InChI is InChI=1S/C23H21F3N2O2/c1-30-22(29)16-7-10-18-20(13-16)27-19(14-21(18)28-11-3-2-4-12-28)15-5-8-17(9-6-15)23(24,25)26/h5-10,13-14H,2-4,11-12H2,1H3. The lowest BCUT2D eigenvalue weighted by atomic mass is 10.0. The molecule has 0 radical (unpaired) electrons. The number of halogens is 3. The highest BCUT2D eigenvalue weighted by atomic mass is 19.4. The Balaban J connectivity index is 1.85. The van der Waals surface area contributed by atoms with Gasteiger partial charge in [0, 0.05) is 29.7 Å². The van der Waals surface area contributed by atoms with Gasteiger partial charge in [0.25, 0.3) is 0 Å². The molecule has 7 heteroatoms. The molecule has 0 atom stereocenters. The van der Waals surface area contributed by atoms with E-state index < -0.39 is 17.7 Å². The van der Waals surface area contributed by atoms with Crippen LogP contribution in [0, 0.1) is 0 Å². The minimum Gasteiger partial charge on any atom is -0.465 e. The van der Waals surface area contributed by atoms with E-state index in [4.69, 9.17) is 4.74 Å². The fourth-order valence-corrected chi connectivity index (χ4v) is 3.83. The van der Waals surface area contributed by atoms with Crippen molar-refractivity contribution in [3.05, 3.63) is 59.7 Å². The molecule has 30 heavy (non-hydrogen) atoms. The number of carbonyl (C=O) groups excluding carboxylic acids is 1. The Bertz CT molecular complexity index is 1070. The fourth-order valence-electron chi connectivity index (χ4n) is 3.83. The Morgan fingerprint density at radius 3 is 2.33 bits per heavy atom. The quantitative estimate of drug-likeness (QED) is 0.516. The molecule has 3 aromatic rings. The fraction of sp³-hybridized carbons (Fsp3) is 0.304. The van der Waals surface area contributed by atoms with E-state index in [-0.39, 0.29) is 0 Å². The highest BCUT2D eigenvalue weighted by Crippen LogP contribution is 2.35. The van der Waals surface area contributed by atoms with E-state index >= 15 is 0 Å². The van der Waals surface area contributed by atoms with Crippen molar-refractivity contribution in [2.45, 2.75) is 25.4 Å². The number of ether oxygens (including phenoxy) is 1. The molecule has 0 saturated carbocycles. The molecule has 0 N–H and O–H groups in total. The lowest BCUT2D eigenvalue weighted by Crippen LogP contribution is -2.29. The van der Waals surface area contributed by atoms with Crippen molar-refractivity contribution in [3.8, 4) is 11.3 Å². The maximum absolute atomic E-state index is 12.9. The summed E-state index contributed by atoms with van der Waals surface area (Å²) in [5.74, 6) is -0.460. The summed E-state index contributed by atoms with van der Waals surface area (Å²) in [6.07, 6.45) is -1.04. The first kappa shape index (κ1) is 20.2. The van der Waals surface area contributed by atoms with Crippen LogP contribution in [0.5, 0.6) is 0 Å². The van der Waals surface area contributed by atoms with Crippen LogP contribution >= 0.6 is 0 Å². The van der Waals surface area contributed by atoms with Gasteiger partial charge < -0.3 is 9.64 Å². The van der Waals surface area contributed by atoms with E-state index in [1.165, 1.54) is 25.7 Å². The van der Waals surface area contributed by atoms with Crippen LogP contribution in [-0.2, 0) is 10.9 Å². The van der Waals surface area contributed by atoms with Crippen LogP contribution in [0.2, 0.25) is 0 Å². The van der Waals surface area contributed by atoms with Crippen LogP contribution in [0.4, 0.5) is 18.9 Å². The molecular formula is C23H21F3N2O2. The molecule has 1 saturated heterocycles. The van der Waals surface area contributed by atoms with E-state index in [0.717, 1.165) is 49.1 Å². The lowest BCUT2D eigenvalue weighted by molar-refractivity contribution is -0.137. The second-order valence-electron chi connectivity index (χ2n) is 7.37. The number of rotatable bonds is 3. The first-order valence-electron chi connectivity index (χ1n) is 9.82. The Morgan fingerprint density at radius 2 is 1.70 bits per heavy atom. The molecular weight excluding hydrogens is 393 g/mol. The number of alkyl halides is 3. The number of carbonyl (C=O) groups is 1. The summed E-state index contributed by atoms with van der Waals surface area (Å²) in [5.41, 5.74) is 2.43. The van der Waals surface area contributed by atoms with Crippen LogP contribution in [0.3, 0.4) is 0 Å².